The molecule has 0 spiro atoms. The minimum absolute atomic E-state index is 0.00310. The number of carbonyl (C=O) groups excluding carboxylic acids is 1. The smallest absolute Gasteiger partial charge is 0.337 e. The summed E-state index contributed by atoms with van der Waals surface area (Å²) < 4.78 is 1.72. The molecule has 0 fully saturated rings. The summed E-state index contributed by atoms with van der Waals surface area (Å²) in [5.41, 5.74) is 0.631. The second kappa shape index (κ2) is 6.72. The minimum Gasteiger partial charge on any atom is -0.478 e. The van der Waals surface area contributed by atoms with Crippen LogP contribution in [0.3, 0.4) is 0 Å². The van der Waals surface area contributed by atoms with Crippen molar-refractivity contribution in [1.82, 2.24) is 0 Å². The highest BCUT2D eigenvalue weighted by Crippen LogP contribution is 2.31. The van der Waals surface area contributed by atoms with Crippen molar-refractivity contribution in [2.24, 2.45) is 0 Å². The van der Waals surface area contributed by atoms with E-state index in [1.807, 2.05) is 0 Å². The van der Waals surface area contributed by atoms with E-state index in [9.17, 15) is 14.7 Å². The van der Waals surface area contributed by atoms with Crippen LogP contribution in [0.4, 0.5) is 5.69 Å². The molecule has 0 heterocycles. The van der Waals surface area contributed by atoms with Crippen LogP contribution in [0.5, 0.6) is 0 Å². The van der Waals surface area contributed by atoms with Gasteiger partial charge in [0.1, 0.15) is 0 Å². The molecule has 0 radical (unpaired) electrons. The maximum Gasteiger partial charge on any atom is 0.337 e. The summed E-state index contributed by atoms with van der Waals surface area (Å²) in [7, 11) is 0. The fraction of sp³-hybridized carbons (Fsp3) is 0. The summed E-state index contributed by atoms with van der Waals surface area (Å²) in [5.74, 6) is -1.52. The van der Waals surface area contributed by atoms with Gasteiger partial charge in [-0.1, -0.05) is 28.1 Å². The lowest BCUT2D eigenvalue weighted by molar-refractivity contribution is 0.0698. The van der Waals surface area contributed by atoms with Crippen LogP contribution in [0.2, 0.25) is 0 Å². The molecular weight excluding hydrogens is 470 g/mol. The lowest BCUT2D eigenvalue weighted by atomic mass is 10.1. The zero-order valence-electron chi connectivity index (χ0n) is 10.4. The Morgan fingerprint density at radius 1 is 0.952 bits per heavy atom. The van der Waals surface area contributed by atoms with E-state index < -0.39 is 11.9 Å². The number of rotatable bonds is 3. The van der Waals surface area contributed by atoms with Gasteiger partial charge in [0.15, 0.2) is 0 Å². The van der Waals surface area contributed by atoms with Crippen molar-refractivity contribution in [2.45, 2.75) is 0 Å². The van der Waals surface area contributed by atoms with E-state index in [1.54, 1.807) is 30.3 Å². The number of halogens is 3. The molecule has 0 atom stereocenters. The first-order chi connectivity index (χ1) is 9.90. The molecule has 1 amide bonds. The molecular formula is C14H8Br3NO3. The second-order valence-electron chi connectivity index (χ2n) is 4.05. The molecule has 2 aromatic rings. The van der Waals surface area contributed by atoms with Crippen molar-refractivity contribution >= 4 is 65.4 Å². The highest BCUT2D eigenvalue weighted by molar-refractivity contribution is 9.11. The Balaban J connectivity index is 2.42. The van der Waals surface area contributed by atoms with Crippen LogP contribution in [0.25, 0.3) is 0 Å². The predicted molar refractivity (Wildman–Crippen MR) is 90.9 cm³/mol. The molecule has 0 aliphatic carbocycles. The number of anilines is 1. The van der Waals surface area contributed by atoms with Crippen molar-refractivity contribution in [3.05, 3.63) is 60.9 Å². The fourth-order valence-corrected chi connectivity index (χ4v) is 3.48. The van der Waals surface area contributed by atoms with Gasteiger partial charge in [-0.2, -0.15) is 0 Å². The van der Waals surface area contributed by atoms with E-state index in [1.165, 1.54) is 6.07 Å². The molecule has 0 aliphatic rings. The highest BCUT2D eigenvalue weighted by Gasteiger charge is 2.18. The average molecular weight is 478 g/mol. The van der Waals surface area contributed by atoms with E-state index in [4.69, 9.17) is 0 Å². The fourth-order valence-electron chi connectivity index (χ4n) is 1.70. The first-order valence-electron chi connectivity index (χ1n) is 5.68. The maximum absolute atomic E-state index is 12.3. The van der Waals surface area contributed by atoms with E-state index in [-0.39, 0.29) is 11.3 Å². The number of aromatic carboxylic acids is 1. The van der Waals surface area contributed by atoms with Crippen LogP contribution in [0.15, 0.2) is 49.8 Å². The summed E-state index contributed by atoms with van der Waals surface area (Å²) in [5, 5.41) is 11.9. The van der Waals surface area contributed by atoms with Crippen molar-refractivity contribution in [2.75, 3.05) is 5.32 Å². The van der Waals surface area contributed by atoms with E-state index >= 15 is 0 Å². The molecule has 4 nitrogen and oxygen atoms in total. The van der Waals surface area contributed by atoms with Gasteiger partial charge in [-0.05, 0) is 56.1 Å². The normalized spacial score (nSPS) is 10.2. The van der Waals surface area contributed by atoms with Crippen LogP contribution in [-0.4, -0.2) is 17.0 Å². The topological polar surface area (TPSA) is 66.4 Å². The van der Waals surface area contributed by atoms with Crippen LogP contribution in [0, 0.1) is 0 Å². The average Bonchev–Trinajstić information content (AvgIpc) is 2.41. The first-order valence-corrected chi connectivity index (χ1v) is 8.06. The SMILES string of the molecule is O=C(Nc1c(Br)cc(Br)cc1C(=O)O)c1ccccc1Br. The third-order valence-electron chi connectivity index (χ3n) is 2.64. The lowest BCUT2D eigenvalue weighted by Gasteiger charge is -2.12. The highest BCUT2D eigenvalue weighted by atomic mass is 79.9. The summed E-state index contributed by atoms with van der Waals surface area (Å²) in [6.07, 6.45) is 0. The molecule has 2 N–H and O–H groups in total. The Morgan fingerprint density at radius 3 is 2.24 bits per heavy atom. The number of carboxylic acid groups (broad SMARTS) is 1. The lowest BCUT2D eigenvalue weighted by Crippen LogP contribution is -2.16. The monoisotopic (exact) mass is 475 g/mol. The van der Waals surface area contributed by atoms with Crippen LogP contribution in [-0.2, 0) is 0 Å². The van der Waals surface area contributed by atoms with Gasteiger partial charge in [0, 0.05) is 13.4 Å². The summed E-state index contributed by atoms with van der Waals surface area (Å²) in [6, 6.07) is 10.0. The molecule has 0 saturated carbocycles. The van der Waals surface area contributed by atoms with Crippen molar-refractivity contribution in [3.63, 3.8) is 0 Å². The Hall–Kier alpha value is -1.18. The van der Waals surface area contributed by atoms with Gasteiger partial charge in [-0.25, -0.2) is 4.79 Å². The number of hydrogen-bond acceptors (Lipinski definition) is 2. The third-order valence-corrected chi connectivity index (χ3v) is 4.42. The van der Waals surface area contributed by atoms with Gasteiger partial charge in [-0.15, -0.1) is 0 Å². The van der Waals surface area contributed by atoms with Crippen molar-refractivity contribution in [3.8, 4) is 0 Å². The number of benzene rings is 2. The number of carbonyl (C=O) groups is 2. The maximum atomic E-state index is 12.3. The molecule has 0 bridgehead atoms. The molecule has 0 aliphatic heterocycles. The number of nitrogens with one attached hydrogen (secondary N) is 1. The number of carboxylic acids is 1. The van der Waals surface area contributed by atoms with Crippen LogP contribution in [0.1, 0.15) is 20.7 Å². The van der Waals surface area contributed by atoms with Crippen LogP contribution >= 0.6 is 47.8 Å². The molecule has 2 rings (SSSR count). The third kappa shape index (κ3) is 3.72. The second-order valence-corrected chi connectivity index (χ2v) is 6.67. The first kappa shape index (κ1) is 16.2. The Labute approximate surface area is 145 Å². The largest absolute Gasteiger partial charge is 0.478 e. The molecule has 0 saturated heterocycles. The minimum atomic E-state index is -1.13. The zero-order chi connectivity index (χ0) is 15.6. The molecule has 0 unspecified atom stereocenters. The predicted octanol–water partition coefficient (Wildman–Crippen LogP) is 4.92. The summed E-state index contributed by atoms with van der Waals surface area (Å²) in [4.78, 5) is 23.6. The Kier molecular flexibility index (Phi) is 5.18. The van der Waals surface area contributed by atoms with Crippen LogP contribution < -0.4 is 5.32 Å². The van der Waals surface area contributed by atoms with E-state index in [2.05, 4.69) is 53.1 Å². The van der Waals surface area contributed by atoms with Gasteiger partial charge < -0.3 is 10.4 Å². The van der Waals surface area contributed by atoms with Crippen molar-refractivity contribution in [1.29, 1.82) is 0 Å². The zero-order valence-corrected chi connectivity index (χ0v) is 15.1. The van der Waals surface area contributed by atoms with Gasteiger partial charge in [0.25, 0.3) is 5.91 Å². The summed E-state index contributed by atoms with van der Waals surface area (Å²) in [6.45, 7) is 0. The molecule has 108 valence electrons. The van der Waals surface area contributed by atoms with Gasteiger partial charge in [0.2, 0.25) is 0 Å². The quantitative estimate of drug-likeness (QED) is 0.659. The number of amides is 1. The molecule has 21 heavy (non-hydrogen) atoms. The Morgan fingerprint density at radius 2 is 1.62 bits per heavy atom. The van der Waals surface area contributed by atoms with Crippen molar-refractivity contribution < 1.29 is 14.7 Å². The summed E-state index contributed by atoms with van der Waals surface area (Å²) >= 11 is 9.78. The van der Waals surface area contributed by atoms with Gasteiger partial charge >= 0.3 is 5.97 Å². The van der Waals surface area contributed by atoms with Gasteiger partial charge in [-0.3, -0.25) is 4.79 Å². The van der Waals surface area contributed by atoms with Gasteiger partial charge in [0.05, 0.1) is 16.8 Å². The molecule has 7 heteroatoms. The van der Waals surface area contributed by atoms with E-state index in [0.717, 1.165) is 0 Å². The number of hydrogen-bond donors (Lipinski definition) is 2. The van der Waals surface area contributed by atoms with E-state index in [0.29, 0.717) is 19.0 Å². The standard InChI is InChI=1S/C14H8Br3NO3/c15-7-5-9(14(20)21)12(11(17)6-7)18-13(19)8-3-1-2-4-10(8)16/h1-6H,(H,18,19)(H,20,21). The Bertz CT molecular complexity index is 731. The molecule has 0 aromatic heterocycles. The molecule has 2 aromatic carbocycles.